The second-order valence-electron chi connectivity index (χ2n) is 11.2. The molecule has 1 aliphatic rings. The molecule has 1 aromatic carbocycles. The van der Waals surface area contributed by atoms with Crippen LogP contribution in [0.1, 0.15) is 50.4 Å². The van der Waals surface area contributed by atoms with Gasteiger partial charge in [0, 0.05) is 36.9 Å². The number of aryl methyl sites for hydroxylation is 2. The Bertz CT molecular complexity index is 1760. The Hall–Kier alpha value is -4.47. The molecule has 0 aliphatic carbocycles. The van der Waals surface area contributed by atoms with E-state index in [0.717, 1.165) is 5.56 Å². The van der Waals surface area contributed by atoms with Gasteiger partial charge in [0.25, 0.3) is 0 Å². The molecule has 10 heteroatoms. The molecule has 4 aromatic rings. The van der Waals surface area contributed by atoms with Crippen molar-refractivity contribution in [2.75, 3.05) is 18.0 Å². The summed E-state index contributed by atoms with van der Waals surface area (Å²) in [5, 5.41) is 0.297. The molecular weight excluding hydrogens is 538 g/mol. The van der Waals surface area contributed by atoms with Crippen LogP contribution in [0.5, 0.6) is 0 Å². The summed E-state index contributed by atoms with van der Waals surface area (Å²) in [5.41, 5.74) is 1.80. The number of amides is 1. The molecule has 8 nitrogen and oxygen atoms in total. The van der Waals surface area contributed by atoms with E-state index < -0.39 is 17.3 Å². The van der Waals surface area contributed by atoms with Gasteiger partial charge in [0.15, 0.2) is 5.65 Å². The molecule has 4 heterocycles. The molecule has 3 aromatic heterocycles. The second-order valence-corrected chi connectivity index (χ2v) is 11.2. The first-order valence-corrected chi connectivity index (χ1v) is 14.0. The zero-order chi connectivity index (χ0) is 30.5. The third kappa shape index (κ3) is 4.84. The number of carbonyl (C=O) groups is 1. The van der Waals surface area contributed by atoms with E-state index >= 15 is 8.78 Å². The molecule has 1 fully saturated rings. The summed E-state index contributed by atoms with van der Waals surface area (Å²) >= 11 is 0. The Kier molecular flexibility index (Phi) is 7.66. The highest BCUT2D eigenvalue weighted by Gasteiger charge is 2.34. The number of aromatic nitrogens is 4. The molecule has 2 unspecified atom stereocenters. The van der Waals surface area contributed by atoms with Crippen LogP contribution in [-0.2, 0) is 4.79 Å². The van der Waals surface area contributed by atoms with Crippen molar-refractivity contribution in [3.05, 3.63) is 88.1 Å². The third-order valence-electron chi connectivity index (χ3n) is 7.90. The van der Waals surface area contributed by atoms with Gasteiger partial charge in [0.05, 0.1) is 16.8 Å². The Morgan fingerprint density at radius 2 is 1.79 bits per heavy atom. The van der Waals surface area contributed by atoms with Crippen molar-refractivity contribution < 1.29 is 13.6 Å². The number of anilines is 1. The van der Waals surface area contributed by atoms with Gasteiger partial charge < -0.3 is 9.80 Å². The number of benzene rings is 1. The monoisotopic (exact) mass is 572 g/mol. The predicted octanol–water partition coefficient (Wildman–Crippen LogP) is 5.47. The SMILES string of the molecule is C=CC(=O)N1CC(C)N(c2nc(=O)n(-c3c(C)ccnc3C(C)C)c3nc(-c4c(C)cccc4F)c(F)cc23)CC1C. The predicted molar refractivity (Wildman–Crippen MR) is 160 cm³/mol. The summed E-state index contributed by atoms with van der Waals surface area (Å²) in [7, 11) is 0. The number of fused-ring (bicyclic) bond motifs is 1. The van der Waals surface area contributed by atoms with Crippen molar-refractivity contribution in [2.45, 2.75) is 59.5 Å². The van der Waals surface area contributed by atoms with Gasteiger partial charge >= 0.3 is 5.69 Å². The van der Waals surface area contributed by atoms with E-state index in [0.29, 0.717) is 35.4 Å². The third-order valence-corrected chi connectivity index (χ3v) is 7.90. The molecule has 0 saturated carbocycles. The quantitative estimate of drug-likeness (QED) is 0.295. The molecule has 0 spiro atoms. The summed E-state index contributed by atoms with van der Waals surface area (Å²) in [4.78, 5) is 43.8. The van der Waals surface area contributed by atoms with E-state index in [1.54, 1.807) is 36.2 Å². The first-order valence-electron chi connectivity index (χ1n) is 14.0. The van der Waals surface area contributed by atoms with E-state index in [9.17, 15) is 9.59 Å². The summed E-state index contributed by atoms with van der Waals surface area (Å²) < 4.78 is 32.4. The standard InChI is InChI=1S/C32H34F2N6O2/c1-8-25(41)38-15-21(7)39(16-20(38)6)30-22-14-24(34)28(26-18(4)10-9-11-23(26)33)36-31(22)40(32(42)37-30)29-19(5)12-13-35-27(29)17(2)3/h8-14,17,20-21H,1,15-16H2,2-7H3. The van der Waals surface area contributed by atoms with E-state index in [1.165, 1.54) is 22.8 Å². The van der Waals surface area contributed by atoms with Crippen LogP contribution in [-0.4, -0.2) is 55.5 Å². The van der Waals surface area contributed by atoms with Crippen molar-refractivity contribution in [1.82, 2.24) is 24.4 Å². The number of pyridine rings is 2. The number of hydrogen-bond acceptors (Lipinski definition) is 6. The average molecular weight is 573 g/mol. The minimum atomic E-state index is -0.739. The van der Waals surface area contributed by atoms with Gasteiger partial charge in [0.2, 0.25) is 5.91 Å². The smallest absolute Gasteiger partial charge is 0.349 e. The Morgan fingerprint density at radius 1 is 1.05 bits per heavy atom. The van der Waals surface area contributed by atoms with Crippen molar-refractivity contribution in [1.29, 1.82) is 0 Å². The zero-order valence-corrected chi connectivity index (χ0v) is 24.7. The fourth-order valence-electron chi connectivity index (χ4n) is 5.76. The van der Waals surface area contributed by atoms with E-state index in [1.807, 2.05) is 39.5 Å². The summed E-state index contributed by atoms with van der Waals surface area (Å²) in [5.74, 6) is -1.33. The molecule has 0 radical (unpaired) electrons. The van der Waals surface area contributed by atoms with Crippen LogP contribution in [0.2, 0.25) is 0 Å². The van der Waals surface area contributed by atoms with Crippen molar-refractivity contribution >= 4 is 22.8 Å². The van der Waals surface area contributed by atoms with Gasteiger partial charge in [0.1, 0.15) is 23.1 Å². The van der Waals surface area contributed by atoms with Gasteiger partial charge in [-0.2, -0.15) is 4.98 Å². The molecule has 0 N–H and O–H groups in total. The maximum atomic E-state index is 16.0. The van der Waals surface area contributed by atoms with Gasteiger partial charge in [-0.3, -0.25) is 9.78 Å². The minimum Gasteiger partial charge on any atom is -0.349 e. The van der Waals surface area contributed by atoms with Crippen molar-refractivity contribution in [3.63, 3.8) is 0 Å². The fraction of sp³-hybridized carbons (Fsp3) is 0.344. The van der Waals surface area contributed by atoms with Crippen LogP contribution in [0.25, 0.3) is 28.0 Å². The van der Waals surface area contributed by atoms with Gasteiger partial charge in [-0.15, -0.1) is 0 Å². The first kappa shape index (κ1) is 29.0. The van der Waals surface area contributed by atoms with E-state index in [2.05, 4.69) is 21.5 Å². The highest BCUT2D eigenvalue weighted by molar-refractivity contribution is 5.91. The second kappa shape index (κ2) is 11.1. The maximum Gasteiger partial charge on any atom is 0.355 e. The highest BCUT2D eigenvalue weighted by atomic mass is 19.1. The molecule has 42 heavy (non-hydrogen) atoms. The minimum absolute atomic E-state index is 0.0276. The lowest BCUT2D eigenvalue weighted by Crippen LogP contribution is -2.58. The number of hydrogen-bond donors (Lipinski definition) is 0. The average Bonchev–Trinajstić information content (AvgIpc) is 2.94. The maximum absolute atomic E-state index is 16.0. The number of rotatable bonds is 5. The molecule has 5 rings (SSSR count). The van der Waals surface area contributed by atoms with E-state index in [-0.39, 0.29) is 46.6 Å². The normalized spacial score (nSPS) is 17.3. The van der Waals surface area contributed by atoms with Crippen LogP contribution < -0.4 is 10.6 Å². The van der Waals surface area contributed by atoms with Gasteiger partial charge in [-0.25, -0.2) is 23.1 Å². The Balaban J connectivity index is 1.85. The number of piperazine rings is 1. The summed E-state index contributed by atoms with van der Waals surface area (Å²) in [6, 6.07) is 7.09. The molecule has 2 atom stereocenters. The lowest BCUT2D eigenvalue weighted by Gasteiger charge is -2.44. The van der Waals surface area contributed by atoms with E-state index in [4.69, 9.17) is 0 Å². The molecule has 218 valence electrons. The molecule has 1 aliphatic heterocycles. The molecule has 1 amide bonds. The largest absolute Gasteiger partial charge is 0.355 e. The lowest BCUT2D eigenvalue weighted by atomic mass is 10.0. The lowest BCUT2D eigenvalue weighted by molar-refractivity contribution is -0.128. The number of carbonyl (C=O) groups excluding carboxylic acids is 1. The van der Waals surface area contributed by atoms with Crippen LogP contribution in [0.3, 0.4) is 0 Å². The fourth-order valence-corrected chi connectivity index (χ4v) is 5.76. The molecule has 0 bridgehead atoms. The van der Waals surface area contributed by atoms with Crippen molar-refractivity contribution in [3.8, 4) is 16.9 Å². The first-order chi connectivity index (χ1) is 19.9. The Morgan fingerprint density at radius 3 is 2.45 bits per heavy atom. The summed E-state index contributed by atoms with van der Waals surface area (Å²) in [6.45, 7) is 15.6. The van der Waals surface area contributed by atoms with Crippen LogP contribution in [0, 0.1) is 25.5 Å². The van der Waals surface area contributed by atoms with Crippen LogP contribution in [0.4, 0.5) is 14.6 Å². The topological polar surface area (TPSA) is 84.2 Å². The highest BCUT2D eigenvalue weighted by Crippen LogP contribution is 2.35. The molecule has 1 saturated heterocycles. The molecular formula is C32H34F2N6O2. The van der Waals surface area contributed by atoms with Crippen LogP contribution in [0.15, 0.2) is 54.0 Å². The summed E-state index contributed by atoms with van der Waals surface area (Å²) in [6.07, 6.45) is 2.96. The van der Waals surface area contributed by atoms with Gasteiger partial charge in [-0.05, 0) is 69.0 Å². The number of halogens is 2. The van der Waals surface area contributed by atoms with Crippen molar-refractivity contribution in [2.24, 2.45) is 0 Å². The Labute approximate surface area is 243 Å². The zero-order valence-electron chi connectivity index (χ0n) is 24.7. The van der Waals surface area contributed by atoms with Gasteiger partial charge in [-0.1, -0.05) is 32.6 Å². The van der Waals surface area contributed by atoms with Crippen LogP contribution >= 0.6 is 0 Å². The number of nitrogens with zero attached hydrogens (tertiary/aromatic N) is 6.